The lowest BCUT2D eigenvalue weighted by molar-refractivity contribution is -0.138. The Labute approximate surface area is 110 Å². The van der Waals surface area contributed by atoms with Gasteiger partial charge in [0.1, 0.15) is 0 Å². The third-order valence-corrected chi connectivity index (χ3v) is 2.86. The van der Waals surface area contributed by atoms with Crippen molar-refractivity contribution in [2.45, 2.75) is 45.5 Å². The lowest BCUT2D eigenvalue weighted by Gasteiger charge is -2.15. The molecule has 0 aromatic carbocycles. The molecule has 0 radical (unpaired) electrons. The summed E-state index contributed by atoms with van der Waals surface area (Å²) < 4.78 is 38.7. The van der Waals surface area contributed by atoms with E-state index in [0.717, 1.165) is 35.9 Å². The molecule has 1 aromatic heterocycles. The predicted molar refractivity (Wildman–Crippen MR) is 68.1 cm³/mol. The smallest absolute Gasteiger partial charge is 0.315 e. The zero-order valence-electron chi connectivity index (χ0n) is 11.1. The van der Waals surface area contributed by atoms with Crippen LogP contribution in [0.2, 0.25) is 0 Å². The summed E-state index contributed by atoms with van der Waals surface area (Å²) in [4.78, 5) is 11.5. The SMILES string of the molecule is CCCNC(C)CCn1cc(C(F)(F)F)ccc1=O. The summed E-state index contributed by atoms with van der Waals surface area (Å²) in [6, 6.07) is 1.95. The van der Waals surface area contributed by atoms with Crippen LogP contribution < -0.4 is 10.9 Å². The quantitative estimate of drug-likeness (QED) is 0.866. The Balaban J connectivity index is 2.70. The number of hydrogen-bond donors (Lipinski definition) is 1. The molecule has 0 bridgehead atoms. The standard InChI is InChI=1S/C13H19F3N2O/c1-3-7-17-10(2)6-8-18-9-11(13(14,15)16)4-5-12(18)19/h4-5,9-10,17H,3,6-8H2,1-2H3. The minimum Gasteiger partial charge on any atom is -0.315 e. The van der Waals surface area contributed by atoms with E-state index >= 15 is 0 Å². The maximum atomic E-state index is 12.5. The van der Waals surface area contributed by atoms with E-state index in [2.05, 4.69) is 5.32 Å². The lowest BCUT2D eigenvalue weighted by atomic mass is 10.2. The van der Waals surface area contributed by atoms with Crippen molar-refractivity contribution in [3.63, 3.8) is 0 Å². The molecule has 1 heterocycles. The molecular formula is C13H19F3N2O. The largest absolute Gasteiger partial charge is 0.417 e. The minimum absolute atomic E-state index is 0.168. The van der Waals surface area contributed by atoms with Crippen LogP contribution >= 0.6 is 0 Å². The van der Waals surface area contributed by atoms with E-state index in [1.165, 1.54) is 0 Å². The first-order valence-electron chi connectivity index (χ1n) is 6.35. The van der Waals surface area contributed by atoms with E-state index in [0.29, 0.717) is 6.42 Å². The van der Waals surface area contributed by atoms with E-state index < -0.39 is 17.3 Å². The zero-order chi connectivity index (χ0) is 14.5. The fourth-order valence-corrected chi connectivity index (χ4v) is 1.70. The Kier molecular flexibility index (Phi) is 5.60. The molecule has 1 rings (SSSR count). The average molecular weight is 276 g/mol. The molecule has 0 saturated heterocycles. The van der Waals surface area contributed by atoms with Crippen molar-refractivity contribution in [2.75, 3.05) is 6.54 Å². The molecule has 0 spiro atoms. The van der Waals surface area contributed by atoms with Gasteiger partial charge in [-0.3, -0.25) is 4.79 Å². The molecule has 19 heavy (non-hydrogen) atoms. The summed E-state index contributed by atoms with van der Waals surface area (Å²) in [5.41, 5.74) is -1.20. The van der Waals surface area contributed by atoms with E-state index in [1.807, 2.05) is 13.8 Å². The Morgan fingerprint density at radius 3 is 2.63 bits per heavy atom. The van der Waals surface area contributed by atoms with Crippen LogP contribution in [0.15, 0.2) is 23.1 Å². The lowest BCUT2D eigenvalue weighted by Crippen LogP contribution is -2.30. The monoisotopic (exact) mass is 276 g/mol. The third kappa shape index (κ3) is 5.06. The second kappa shape index (κ2) is 6.75. The number of rotatable bonds is 6. The number of alkyl halides is 3. The average Bonchev–Trinajstić information content (AvgIpc) is 2.33. The van der Waals surface area contributed by atoms with Gasteiger partial charge in [0.25, 0.3) is 5.56 Å². The van der Waals surface area contributed by atoms with Gasteiger partial charge in [-0.15, -0.1) is 0 Å². The van der Waals surface area contributed by atoms with Gasteiger partial charge in [-0.2, -0.15) is 13.2 Å². The van der Waals surface area contributed by atoms with Crippen molar-refractivity contribution < 1.29 is 13.2 Å². The highest BCUT2D eigenvalue weighted by Gasteiger charge is 2.30. The van der Waals surface area contributed by atoms with Gasteiger partial charge in [0.05, 0.1) is 5.56 Å². The van der Waals surface area contributed by atoms with Gasteiger partial charge in [0.15, 0.2) is 0 Å². The van der Waals surface area contributed by atoms with Crippen LogP contribution in [0.5, 0.6) is 0 Å². The summed E-state index contributed by atoms with van der Waals surface area (Å²) in [5, 5.41) is 3.23. The first kappa shape index (κ1) is 15.8. The number of nitrogens with zero attached hydrogens (tertiary/aromatic N) is 1. The third-order valence-electron chi connectivity index (χ3n) is 2.86. The van der Waals surface area contributed by atoms with Gasteiger partial charge < -0.3 is 9.88 Å². The molecule has 0 fully saturated rings. The maximum absolute atomic E-state index is 12.5. The molecular weight excluding hydrogens is 257 g/mol. The molecule has 1 unspecified atom stereocenters. The number of nitrogens with one attached hydrogen (secondary N) is 1. The Bertz CT molecular complexity index is 454. The summed E-state index contributed by atoms with van der Waals surface area (Å²) in [6.45, 7) is 5.13. The molecule has 0 aliphatic rings. The highest BCUT2D eigenvalue weighted by atomic mass is 19.4. The summed E-state index contributed by atoms with van der Waals surface area (Å²) >= 11 is 0. The van der Waals surface area contributed by atoms with E-state index in [-0.39, 0.29) is 12.6 Å². The maximum Gasteiger partial charge on any atom is 0.417 e. The van der Waals surface area contributed by atoms with Gasteiger partial charge in [-0.25, -0.2) is 0 Å². The van der Waals surface area contributed by atoms with Crippen LogP contribution in [0.25, 0.3) is 0 Å². The molecule has 1 N–H and O–H groups in total. The normalized spacial score (nSPS) is 13.5. The van der Waals surface area contributed by atoms with Gasteiger partial charge in [0, 0.05) is 24.8 Å². The van der Waals surface area contributed by atoms with E-state index in [1.54, 1.807) is 0 Å². The summed E-state index contributed by atoms with van der Waals surface area (Å²) in [6.07, 6.45) is -1.93. The number of aromatic nitrogens is 1. The minimum atomic E-state index is -4.42. The summed E-state index contributed by atoms with van der Waals surface area (Å²) in [5.74, 6) is 0. The molecule has 108 valence electrons. The molecule has 6 heteroatoms. The van der Waals surface area contributed by atoms with Crippen molar-refractivity contribution in [1.82, 2.24) is 9.88 Å². The van der Waals surface area contributed by atoms with Crippen molar-refractivity contribution in [3.8, 4) is 0 Å². The molecule has 0 amide bonds. The highest BCUT2D eigenvalue weighted by Crippen LogP contribution is 2.28. The molecule has 1 atom stereocenters. The fraction of sp³-hybridized carbons (Fsp3) is 0.615. The van der Waals surface area contributed by atoms with Crippen molar-refractivity contribution in [2.24, 2.45) is 0 Å². The van der Waals surface area contributed by atoms with Crippen molar-refractivity contribution >= 4 is 0 Å². The number of aryl methyl sites for hydroxylation is 1. The summed E-state index contributed by atoms with van der Waals surface area (Å²) in [7, 11) is 0. The molecule has 0 aliphatic carbocycles. The molecule has 3 nitrogen and oxygen atoms in total. The number of pyridine rings is 1. The van der Waals surface area contributed by atoms with Crippen molar-refractivity contribution in [1.29, 1.82) is 0 Å². The number of hydrogen-bond acceptors (Lipinski definition) is 2. The van der Waals surface area contributed by atoms with Gasteiger partial charge in [-0.1, -0.05) is 6.92 Å². The first-order chi connectivity index (χ1) is 8.84. The van der Waals surface area contributed by atoms with E-state index in [4.69, 9.17) is 0 Å². The Morgan fingerprint density at radius 1 is 1.37 bits per heavy atom. The van der Waals surface area contributed by atoms with Crippen LogP contribution in [0.3, 0.4) is 0 Å². The number of halogens is 3. The van der Waals surface area contributed by atoms with Gasteiger partial charge in [-0.05, 0) is 32.4 Å². The second-order valence-corrected chi connectivity index (χ2v) is 4.59. The predicted octanol–water partition coefficient (Wildman–Crippen LogP) is 2.65. The zero-order valence-corrected chi connectivity index (χ0v) is 11.1. The van der Waals surface area contributed by atoms with Crippen LogP contribution in [-0.4, -0.2) is 17.2 Å². The molecule has 0 saturated carbocycles. The highest BCUT2D eigenvalue weighted by molar-refractivity contribution is 5.13. The second-order valence-electron chi connectivity index (χ2n) is 4.59. The van der Waals surface area contributed by atoms with Crippen LogP contribution in [0.1, 0.15) is 32.3 Å². The first-order valence-corrected chi connectivity index (χ1v) is 6.35. The van der Waals surface area contributed by atoms with Gasteiger partial charge >= 0.3 is 6.18 Å². The van der Waals surface area contributed by atoms with Gasteiger partial charge in [0.2, 0.25) is 0 Å². The van der Waals surface area contributed by atoms with Crippen LogP contribution in [0.4, 0.5) is 13.2 Å². The van der Waals surface area contributed by atoms with Crippen LogP contribution in [-0.2, 0) is 12.7 Å². The Hall–Kier alpha value is -1.30. The topological polar surface area (TPSA) is 34.0 Å². The molecule has 1 aromatic rings. The van der Waals surface area contributed by atoms with Crippen molar-refractivity contribution in [3.05, 3.63) is 34.2 Å². The molecule has 0 aliphatic heterocycles. The van der Waals surface area contributed by atoms with Crippen LogP contribution in [0, 0.1) is 0 Å². The van der Waals surface area contributed by atoms with E-state index in [9.17, 15) is 18.0 Å². The fourth-order valence-electron chi connectivity index (χ4n) is 1.70. The Morgan fingerprint density at radius 2 is 2.05 bits per heavy atom.